The smallest absolute Gasteiger partial charge is 0.240 e. The highest BCUT2D eigenvalue weighted by Crippen LogP contribution is 2.17. The minimum atomic E-state index is -3.99. The molecular weight excluding hydrogens is 207 g/mol. The van der Waals surface area contributed by atoms with E-state index in [2.05, 4.69) is 4.98 Å². The van der Waals surface area contributed by atoms with Crippen LogP contribution in [0.3, 0.4) is 0 Å². The number of aromatic nitrogens is 1. The molecule has 1 aromatic heterocycles. The van der Waals surface area contributed by atoms with Crippen molar-refractivity contribution in [1.29, 1.82) is 0 Å². The van der Waals surface area contributed by atoms with E-state index in [0.29, 0.717) is 6.07 Å². The van der Waals surface area contributed by atoms with Crippen LogP contribution in [0.2, 0.25) is 5.15 Å². The van der Waals surface area contributed by atoms with Crippen molar-refractivity contribution in [2.45, 2.75) is 4.90 Å². The predicted octanol–water partition coefficient (Wildman–Crippen LogP) is 0.522. The van der Waals surface area contributed by atoms with E-state index >= 15 is 0 Å². The second-order valence-electron chi connectivity index (χ2n) is 1.99. The first kappa shape index (κ1) is 9.37. The van der Waals surface area contributed by atoms with E-state index in [0.717, 1.165) is 6.20 Å². The molecule has 0 atom stereocenters. The lowest BCUT2D eigenvalue weighted by Crippen LogP contribution is -2.13. The van der Waals surface area contributed by atoms with Gasteiger partial charge in [0.2, 0.25) is 10.0 Å². The van der Waals surface area contributed by atoms with Crippen molar-refractivity contribution in [3.05, 3.63) is 23.2 Å². The third-order valence-corrected chi connectivity index (χ3v) is 2.42. The van der Waals surface area contributed by atoms with Crippen LogP contribution < -0.4 is 5.14 Å². The van der Waals surface area contributed by atoms with E-state index < -0.39 is 20.7 Å². The molecule has 0 aromatic carbocycles. The van der Waals surface area contributed by atoms with Crippen LogP contribution in [0.15, 0.2) is 17.2 Å². The minimum Gasteiger partial charge on any atom is -0.240 e. The number of nitrogens with zero attached hydrogens (tertiary/aromatic N) is 1. The number of halogens is 2. The molecule has 0 aliphatic rings. The molecule has 0 saturated heterocycles. The third kappa shape index (κ3) is 1.90. The van der Waals surface area contributed by atoms with Crippen molar-refractivity contribution in [2.75, 3.05) is 0 Å². The van der Waals surface area contributed by atoms with Crippen LogP contribution in [-0.4, -0.2) is 13.4 Å². The highest BCUT2D eigenvalue weighted by atomic mass is 35.5. The van der Waals surface area contributed by atoms with Crippen LogP contribution in [0.25, 0.3) is 0 Å². The lowest BCUT2D eigenvalue weighted by Gasteiger charge is -1.98. The third-order valence-electron chi connectivity index (χ3n) is 1.08. The molecule has 0 saturated carbocycles. The first-order chi connectivity index (χ1) is 5.41. The molecule has 0 fully saturated rings. The predicted molar refractivity (Wildman–Crippen MR) is 40.6 cm³/mol. The summed E-state index contributed by atoms with van der Waals surface area (Å²) in [7, 11) is -3.99. The molecule has 0 aliphatic heterocycles. The van der Waals surface area contributed by atoms with E-state index in [4.69, 9.17) is 16.7 Å². The standard InChI is InChI=1S/C5H4ClFN2O2S/c6-5-4(12(8,10)11)1-3(7)2-9-5/h1-2H,(H2,8,10,11). The van der Waals surface area contributed by atoms with E-state index in [1.807, 2.05) is 0 Å². The number of nitrogens with two attached hydrogens (primary N) is 1. The molecule has 0 radical (unpaired) electrons. The maximum atomic E-state index is 12.4. The van der Waals surface area contributed by atoms with Gasteiger partial charge in [0, 0.05) is 0 Å². The van der Waals surface area contributed by atoms with E-state index in [1.165, 1.54) is 0 Å². The van der Waals surface area contributed by atoms with Crippen molar-refractivity contribution >= 4 is 21.6 Å². The van der Waals surface area contributed by atoms with Gasteiger partial charge in [0.1, 0.15) is 15.9 Å². The van der Waals surface area contributed by atoms with Gasteiger partial charge in [0.05, 0.1) is 6.20 Å². The van der Waals surface area contributed by atoms with E-state index in [-0.39, 0.29) is 5.15 Å². The zero-order chi connectivity index (χ0) is 9.35. The largest absolute Gasteiger partial charge is 0.241 e. The van der Waals surface area contributed by atoms with Crippen LogP contribution in [-0.2, 0) is 10.0 Å². The molecule has 4 nitrogen and oxygen atoms in total. The van der Waals surface area contributed by atoms with Gasteiger partial charge in [-0.15, -0.1) is 0 Å². The van der Waals surface area contributed by atoms with Gasteiger partial charge in [-0.2, -0.15) is 0 Å². The number of sulfonamides is 1. The van der Waals surface area contributed by atoms with Crippen LogP contribution in [0, 0.1) is 5.82 Å². The van der Waals surface area contributed by atoms with Gasteiger partial charge < -0.3 is 0 Å². The molecule has 0 spiro atoms. The van der Waals surface area contributed by atoms with Gasteiger partial charge in [-0.25, -0.2) is 22.9 Å². The summed E-state index contributed by atoms with van der Waals surface area (Å²) in [5, 5.41) is 4.37. The van der Waals surface area contributed by atoms with Gasteiger partial charge in [-0.05, 0) is 6.07 Å². The Balaban J connectivity index is 3.43. The van der Waals surface area contributed by atoms with Gasteiger partial charge in [0.15, 0.2) is 0 Å². The number of hydrogen-bond acceptors (Lipinski definition) is 3. The fraction of sp³-hybridized carbons (Fsp3) is 0. The average molecular weight is 211 g/mol. The number of hydrogen-bond donors (Lipinski definition) is 1. The molecule has 2 N–H and O–H groups in total. The highest BCUT2D eigenvalue weighted by molar-refractivity contribution is 7.89. The first-order valence-electron chi connectivity index (χ1n) is 2.75. The van der Waals surface area contributed by atoms with E-state index in [9.17, 15) is 12.8 Å². The fourth-order valence-corrected chi connectivity index (χ4v) is 1.59. The summed E-state index contributed by atoms with van der Waals surface area (Å²) in [4.78, 5) is 2.77. The molecule has 0 unspecified atom stereocenters. The van der Waals surface area contributed by atoms with Crippen LogP contribution in [0.4, 0.5) is 4.39 Å². The van der Waals surface area contributed by atoms with Crippen molar-refractivity contribution in [2.24, 2.45) is 5.14 Å². The highest BCUT2D eigenvalue weighted by Gasteiger charge is 2.14. The average Bonchev–Trinajstić information content (AvgIpc) is 1.92. The molecule has 66 valence electrons. The summed E-state index contributed by atoms with van der Waals surface area (Å²) in [6.45, 7) is 0. The Morgan fingerprint density at radius 3 is 2.58 bits per heavy atom. The van der Waals surface area contributed by atoms with Crippen LogP contribution in [0.1, 0.15) is 0 Å². The molecule has 0 amide bonds. The second-order valence-corrected chi connectivity index (χ2v) is 3.88. The zero-order valence-electron chi connectivity index (χ0n) is 5.66. The SMILES string of the molecule is NS(=O)(=O)c1cc(F)cnc1Cl. The maximum Gasteiger partial charge on any atom is 0.241 e. The number of rotatable bonds is 1. The second kappa shape index (κ2) is 2.96. The lowest BCUT2D eigenvalue weighted by molar-refractivity contribution is 0.589. The zero-order valence-corrected chi connectivity index (χ0v) is 7.23. The van der Waals surface area contributed by atoms with Gasteiger partial charge in [-0.3, -0.25) is 0 Å². The molecule has 7 heteroatoms. The molecular formula is C5H4ClFN2O2S. The number of primary sulfonamides is 1. The number of pyridine rings is 1. The lowest BCUT2D eigenvalue weighted by atomic mass is 10.5. The summed E-state index contributed by atoms with van der Waals surface area (Å²) < 4.78 is 33.8. The van der Waals surface area contributed by atoms with Crippen molar-refractivity contribution in [3.8, 4) is 0 Å². The summed E-state index contributed by atoms with van der Waals surface area (Å²) in [5.74, 6) is -0.802. The van der Waals surface area contributed by atoms with Gasteiger partial charge in [-0.1, -0.05) is 11.6 Å². The summed E-state index contributed by atoms with van der Waals surface area (Å²) >= 11 is 5.34. The molecule has 1 rings (SSSR count). The van der Waals surface area contributed by atoms with Crippen molar-refractivity contribution < 1.29 is 12.8 Å². The summed E-state index contributed by atoms with van der Waals surface area (Å²) in [6.07, 6.45) is 0.803. The topological polar surface area (TPSA) is 73.1 Å². The Labute approximate surface area is 73.2 Å². The molecule has 1 heterocycles. The fourth-order valence-electron chi connectivity index (χ4n) is 0.604. The molecule has 0 aliphatic carbocycles. The van der Waals surface area contributed by atoms with Crippen molar-refractivity contribution in [1.82, 2.24) is 4.98 Å². The van der Waals surface area contributed by atoms with Gasteiger partial charge in [0.25, 0.3) is 0 Å². The Morgan fingerprint density at radius 2 is 2.17 bits per heavy atom. The Bertz CT molecular complexity index is 406. The quantitative estimate of drug-likeness (QED) is 0.687. The Hall–Kier alpha value is -0.720. The monoisotopic (exact) mass is 210 g/mol. The Morgan fingerprint density at radius 1 is 1.58 bits per heavy atom. The molecule has 12 heavy (non-hydrogen) atoms. The van der Waals surface area contributed by atoms with Crippen LogP contribution in [0.5, 0.6) is 0 Å². The van der Waals surface area contributed by atoms with Crippen LogP contribution >= 0.6 is 11.6 Å². The summed E-state index contributed by atoms with van der Waals surface area (Å²) in [6, 6.07) is 0.713. The van der Waals surface area contributed by atoms with Crippen molar-refractivity contribution in [3.63, 3.8) is 0 Å². The summed E-state index contributed by atoms with van der Waals surface area (Å²) in [5.41, 5.74) is 0. The van der Waals surface area contributed by atoms with Gasteiger partial charge >= 0.3 is 0 Å². The van der Waals surface area contributed by atoms with E-state index in [1.54, 1.807) is 0 Å². The maximum absolute atomic E-state index is 12.4. The molecule has 0 bridgehead atoms. The first-order valence-corrected chi connectivity index (χ1v) is 4.67. The normalized spacial score (nSPS) is 11.6. The minimum absolute atomic E-state index is 0.334. The molecule has 1 aromatic rings. The Kier molecular flexibility index (Phi) is 2.31.